The van der Waals surface area contributed by atoms with Crippen LogP contribution >= 0.6 is 0 Å². The maximum Gasteiger partial charge on any atom is 0.204 e. The van der Waals surface area contributed by atoms with E-state index in [1.54, 1.807) is 7.11 Å². The van der Waals surface area contributed by atoms with Crippen molar-refractivity contribution >= 4 is 6.08 Å². The Morgan fingerprint density at radius 3 is 2.07 bits per heavy atom. The van der Waals surface area contributed by atoms with Crippen LogP contribution < -0.4 is 14.2 Å². The van der Waals surface area contributed by atoms with Gasteiger partial charge in [-0.25, -0.2) is 0 Å². The minimum Gasteiger partial charge on any atom is -0.492 e. The van der Waals surface area contributed by atoms with Gasteiger partial charge in [0, 0.05) is 5.56 Å². The molecule has 0 spiro atoms. The van der Waals surface area contributed by atoms with E-state index in [-0.39, 0.29) is 0 Å². The van der Waals surface area contributed by atoms with Gasteiger partial charge in [-0.2, -0.15) is 0 Å². The van der Waals surface area contributed by atoms with Gasteiger partial charge in [-0.05, 0) is 57.9 Å². The van der Waals surface area contributed by atoms with Crippen LogP contribution in [-0.4, -0.2) is 20.3 Å². The van der Waals surface area contributed by atoms with Crippen LogP contribution in [0.3, 0.4) is 0 Å². The summed E-state index contributed by atoms with van der Waals surface area (Å²) in [6.45, 7) is 9.19. The van der Waals surface area contributed by atoms with Crippen LogP contribution in [0.5, 0.6) is 17.2 Å². The molecule has 3 heteroatoms. The highest BCUT2D eigenvalue weighted by Crippen LogP contribution is 2.40. The van der Waals surface area contributed by atoms with Crippen molar-refractivity contribution in [2.24, 2.45) is 0 Å². The summed E-state index contributed by atoms with van der Waals surface area (Å²) in [7, 11) is 1.67. The average Bonchev–Trinajstić information content (AvgIpc) is 2.69. The number of ether oxygens (including phenoxy) is 3. The number of hydrogen-bond acceptors (Lipinski definition) is 3. The third kappa shape index (κ3) is 7.53. The molecule has 0 saturated heterocycles. The van der Waals surface area contributed by atoms with Gasteiger partial charge in [0.15, 0.2) is 11.5 Å². The predicted molar refractivity (Wildman–Crippen MR) is 122 cm³/mol. The van der Waals surface area contributed by atoms with Crippen LogP contribution in [0.25, 0.3) is 6.08 Å². The van der Waals surface area contributed by atoms with Gasteiger partial charge in [-0.3, -0.25) is 0 Å². The molecule has 0 heterocycles. The van der Waals surface area contributed by atoms with Crippen molar-refractivity contribution in [1.82, 2.24) is 0 Å². The van der Waals surface area contributed by atoms with E-state index in [0.29, 0.717) is 24.7 Å². The quantitative estimate of drug-likeness (QED) is 0.424. The van der Waals surface area contributed by atoms with Gasteiger partial charge in [-0.1, -0.05) is 59.7 Å². The topological polar surface area (TPSA) is 27.7 Å². The zero-order valence-electron chi connectivity index (χ0n) is 18.2. The maximum absolute atomic E-state index is 6.06. The second kappa shape index (κ2) is 11.8. The molecule has 0 saturated carbocycles. The summed E-state index contributed by atoms with van der Waals surface area (Å²) in [5.41, 5.74) is 4.65. The normalized spacial score (nSPS) is 10.5. The van der Waals surface area contributed by atoms with Crippen molar-refractivity contribution in [3.05, 3.63) is 83.0 Å². The molecular weight excluding hydrogens is 360 g/mol. The molecule has 29 heavy (non-hydrogen) atoms. The van der Waals surface area contributed by atoms with Crippen molar-refractivity contribution in [2.75, 3.05) is 20.3 Å². The lowest BCUT2D eigenvalue weighted by Gasteiger charge is -2.17. The van der Waals surface area contributed by atoms with Crippen molar-refractivity contribution < 1.29 is 14.2 Å². The molecule has 2 rings (SSSR count). The SMILES string of the molecule is COc1c(C/C=C/c2ccccc2)ccc(OCC=C(C)C)c1OCC=C(C)C. The zero-order valence-corrected chi connectivity index (χ0v) is 18.2. The summed E-state index contributed by atoms with van der Waals surface area (Å²) in [5, 5.41) is 0. The molecule has 2 aromatic carbocycles. The molecule has 2 aromatic rings. The molecule has 3 nitrogen and oxygen atoms in total. The fourth-order valence-electron chi connectivity index (χ4n) is 2.70. The Balaban J connectivity index is 2.27. The van der Waals surface area contributed by atoms with E-state index in [1.807, 2.05) is 42.5 Å². The number of allylic oxidation sites excluding steroid dienone is 3. The minimum absolute atomic E-state index is 0.473. The van der Waals surface area contributed by atoms with E-state index >= 15 is 0 Å². The van der Waals surface area contributed by atoms with Gasteiger partial charge in [-0.15, -0.1) is 0 Å². The summed E-state index contributed by atoms with van der Waals surface area (Å²) in [5.74, 6) is 2.06. The average molecular weight is 393 g/mol. The van der Waals surface area contributed by atoms with Crippen LogP contribution in [0.2, 0.25) is 0 Å². The van der Waals surface area contributed by atoms with Crippen LogP contribution in [0.15, 0.2) is 71.8 Å². The van der Waals surface area contributed by atoms with Gasteiger partial charge in [0.1, 0.15) is 13.2 Å². The Morgan fingerprint density at radius 2 is 1.45 bits per heavy atom. The van der Waals surface area contributed by atoms with Gasteiger partial charge < -0.3 is 14.2 Å². The van der Waals surface area contributed by atoms with Crippen LogP contribution in [0, 0.1) is 0 Å². The molecule has 0 bridgehead atoms. The molecule has 0 radical (unpaired) electrons. The van der Waals surface area contributed by atoms with E-state index in [2.05, 4.69) is 52.0 Å². The summed E-state index contributed by atoms with van der Waals surface area (Å²) in [6.07, 6.45) is 9.08. The van der Waals surface area contributed by atoms with Gasteiger partial charge >= 0.3 is 0 Å². The minimum atomic E-state index is 0.473. The largest absolute Gasteiger partial charge is 0.492 e. The smallest absolute Gasteiger partial charge is 0.204 e. The number of hydrogen-bond donors (Lipinski definition) is 0. The van der Waals surface area contributed by atoms with Crippen LogP contribution in [-0.2, 0) is 6.42 Å². The number of benzene rings is 2. The molecule has 0 amide bonds. The first-order valence-corrected chi connectivity index (χ1v) is 9.95. The van der Waals surface area contributed by atoms with E-state index < -0.39 is 0 Å². The molecule has 0 aliphatic heterocycles. The Kier molecular flexibility index (Phi) is 9.10. The Bertz CT molecular complexity index is 853. The molecule has 0 aliphatic carbocycles. The van der Waals surface area contributed by atoms with Gasteiger partial charge in [0.2, 0.25) is 5.75 Å². The van der Waals surface area contributed by atoms with Crippen molar-refractivity contribution in [2.45, 2.75) is 34.1 Å². The number of rotatable bonds is 10. The van der Waals surface area contributed by atoms with E-state index in [4.69, 9.17) is 14.2 Å². The maximum atomic E-state index is 6.06. The predicted octanol–water partition coefficient (Wildman–Crippen LogP) is 6.64. The summed E-state index contributed by atoms with van der Waals surface area (Å²) in [6, 6.07) is 14.3. The Labute approximate surface area is 175 Å². The molecule has 0 unspecified atom stereocenters. The first-order chi connectivity index (χ1) is 14.0. The van der Waals surface area contributed by atoms with Gasteiger partial charge in [0.25, 0.3) is 0 Å². The van der Waals surface area contributed by atoms with E-state index in [9.17, 15) is 0 Å². The third-order valence-electron chi connectivity index (χ3n) is 4.26. The highest BCUT2D eigenvalue weighted by atomic mass is 16.5. The molecule has 0 aliphatic rings. The highest BCUT2D eigenvalue weighted by molar-refractivity contribution is 5.57. The van der Waals surface area contributed by atoms with Gasteiger partial charge in [0.05, 0.1) is 7.11 Å². The molecule has 154 valence electrons. The lowest BCUT2D eigenvalue weighted by Crippen LogP contribution is -2.04. The molecule has 0 aromatic heterocycles. The third-order valence-corrected chi connectivity index (χ3v) is 4.26. The van der Waals surface area contributed by atoms with Crippen molar-refractivity contribution in [3.63, 3.8) is 0 Å². The standard InChI is InChI=1S/C26H32O3/c1-20(2)16-18-28-24-15-14-23(13-9-12-22-10-7-6-8-11-22)25(27-5)26(24)29-19-17-21(3)4/h6-12,14-17H,13,18-19H2,1-5H3/b12-9+. The van der Waals surface area contributed by atoms with Crippen LogP contribution in [0.4, 0.5) is 0 Å². The first-order valence-electron chi connectivity index (χ1n) is 9.95. The summed E-state index contributed by atoms with van der Waals surface area (Å²) < 4.78 is 17.7. The second-order valence-electron chi connectivity index (χ2n) is 7.29. The summed E-state index contributed by atoms with van der Waals surface area (Å²) in [4.78, 5) is 0. The van der Waals surface area contributed by atoms with Crippen LogP contribution in [0.1, 0.15) is 38.8 Å². The Hall–Kier alpha value is -2.94. The fraction of sp³-hybridized carbons (Fsp3) is 0.308. The van der Waals surface area contributed by atoms with Crippen molar-refractivity contribution in [3.8, 4) is 17.2 Å². The molecule has 0 atom stereocenters. The molecule has 0 N–H and O–H groups in total. The lowest BCUT2D eigenvalue weighted by atomic mass is 10.1. The lowest BCUT2D eigenvalue weighted by molar-refractivity contribution is 0.287. The highest BCUT2D eigenvalue weighted by Gasteiger charge is 2.16. The van der Waals surface area contributed by atoms with E-state index in [1.165, 1.54) is 16.7 Å². The molecule has 0 fully saturated rings. The number of methoxy groups -OCH3 is 1. The summed E-state index contributed by atoms with van der Waals surface area (Å²) >= 11 is 0. The fourth-order valence-corrected chi connectivity index (χ4v) is 2.70. The van der Waals surface area contributed by atoms with E-state index in [0.717, 1.165) is 17.7 Å². The first kappa shape index (κ1) is 22.4. The second-order valence-corrected chi connectivity index (χ2v) is 7.29. The zero-order chi connectivity index (χ0) is 21.1. The monoisotopic (exact) mass is 392 g/mol. The Morgan fingerprint density at radius 1 is 0.793 bits per heavy atom. The molecular formula is C26H32O3. The van der Waals surface area contributed by atoms with Crippen molar-refractivity contribution in [1.29, 1.82) is 0 Å².